The number of nitrogens with zero attached hydrogens (tertiary/aromatic N) is 2. The van der Waals surface area contributed by atoms with Crippen LogP contribution >= 0.6 is 0 Å². The number of Topliss-reactive ketones (excluding diaryl/α,β-unsaturated/α-hetero) is 1. The van der Waals surface area contributed by atoms with E-state index in [1.54, 1.807) is 54.9 Å². The molecule has 1 aliphatic rings. The van der Waals surface area contributed by atoms with Gasteiger partial charge in [-0.15, -0.1) is 0 Å². The molecule has 1 N–H and O–H groups in total. The first-order chi connectivity index (χ1) is 15.0. The highest BCUT2D eigenvalue weighted by Crippen LogP contribution is 2.41. The normalized spacial score (nSPS) is 17.7. The predicted molar refractivity (Wildman–Crippen MR) is 111 cm³/mol. The van der Waals surface area contributed by atoms with E-state index in [1.165, 1.54) is 30.2 Å². The van der Waals surface area contributed by atoms with E-state index in [-0.39, 0.29) is 23.4 Å². The second-order valence-corrected chi connectivity index (χ2v) is 7.04. The molecule has 0 aliphatic carbocycles. The number of amides is 1. The van der Waals surface area contributed by atoms with Crippen LogP contribution in [0, 0.1) is 5.82 Å². The summed E-state index contributed by atoms with van der Waals surface area (Å²) in [7, 11) is 1.48. The molecule has 4 rings (SSSR count). The average molecular weight is 418 g/mol. The van der Waals surface area contributed by atoms with Crippen molar-refractivity contribution < 1.29 is 23.8 Å². The summed E-state index contributed by atoms with van der Waals surface area (Å²) in [6, 6.07) is 14.7. The first-order valence-corrected chi connectivity index (χ1v) is 9.57. The maximum atomic E-state index is 14.8. The first kappa shape index (κ1) is 20.3. The summed E-state index contributed by atoms with van der Waals surface area (Å²) in [5.41, 5.74) is 0.912. The van der Waals surface area contributed by atoms with Gasteiger partial charge >= 0.3 is 0 Å². The van der Waals surface area contributed by atoms with Gasteiger partial charge in [-0.1, -0.05) is 36.4 Å². The Balaban J connectivity index is 1.89. The number of methoxy groups -OCH3 is 1. The summed E-state index contributed by atoms with van der Waals surface area (Å²) in [5.74, 6) is -2.20. The summed E-state index contributed by atoms with van der Waals surface area (Å²) < 4.78 is 20.0. The number of halogens is 1. The van der Waals surface area contributed by atoms with Crippen molar-refractivity contribution in [2.75, 3.05) is 7.11 Å². The van der Waals surface area contributed by atoms with Gasteiger partial charge in [0.2, 0.25) is 0 Å². The molecule has 0 spiro atoms. The van der Waals surface area contributed by atoms with Crippen molar-refractivity contribution in [3.8, 4) is 5.75 Å². The Hall–Kier alpha value is -4.00. The van der Waals surface area contributed by atoms with Crippen LogP contribution in [0.3, 0.4) is 0 Å². The van der Waals surface area contributed by atoms with Crippen LogP contribution in [-0.4, -0.2) is 33.8 Å². The average Bonchev–Trinajstić information content (AvgIpc) is 3.04. The van der Waals surface area contributed by atoms with Gasteiger partial charge in [0.1, 0.15) is 17.3 Å². The number of rotatable bonds is 5. The highest BCUT2D eigenvalue weighted by Gasteiger charge is 2.47. The number of ketones is 1. The second kappa shape index (κ2) is 8.39. The second-order valence-electron chi connectivity index (χ2n) is 7.04. The molecule has 7 heteroatoms. The summed E-state index contributed by atoms with van der Waals surface area (Å²) >= 11 is 0. The minimum absolute atomic E-state index is 0.0340. The van der Waals surface area contributed by atoms with E-state index in [1.807, 2.05) is 0 Å². The van der Waals surface area contributed by atoms with Crippen molar-refractivity contribution >= 4 is 17.4 Å². The van der Waals surface area contributed by atoms with Crippen LogP contribution in [0.2, 0.25) is 0 Å². The van der Waals surface area contributed by atoms with Crippen LogP contribution in [0.4, 0.5) is 4.39 Å². The van der Waals surface area contributed by atoms with E-state index < -0.39 is 23.5 Å². The van der Waals surface area contributed by atoms with Crippen molar-refractivity contribution in [1.82, 2.24) is 9.88 Å². The summed E-state index contributed by atoms with van der Waals surface area (Å²) in [6.07, 6.45) is 3.16. The lowest BCUT2D eigenvalue weighted by molar-refractivity contribution is -0.140. The lowest BCUT2D eigenvalue weighted by Gasteiger charge is -2.25. The van der Waals surface area contributed by atoms with E-state index in [9.17, 15) is 19.1 Å². The Kier molecular flexibility index (Phi) is 5.49. The maximum Gasteiger partial charge on any atom is 0.295 e. The largest absolute Gasteiger partial charge is 0.507 e. The Morgan fingerprint density at radius 1 is 1.13 bits per heavy atom. The van der Waals surface area contributed by atoms with Crippen molar-refractivity contribution in [3.05, 3.63) is 101 Å². The third kappa shape index (κ3) is 3.77. The minimum Gasteiger partial charge on any atom is -0.507 e. The third-order valence-electron chi connectivity index (χ3n) is 5.16. The predicted octanol–water partition coefficient (Wildman–Crippen LogP) is 3.85. The smallest absolute Gasteiger partial charge is 0.295 e. The molecule has 2 aromatic carbocycles. The fourth-order valence-electron chi connectivity index (χ4n) is 3.68. The Morgan fingerprint density at radius 2 is 1.94 bits per heavy atom. The number of hydrogen-bond donors (Lipinski definition) is 1. The van der Waals surface area contributed by atoms with Crippen LogP contribution in [0.1, 0.15) is 22.7 Å². The highest BCUT2D eigenvalue weighted by molar-refractivity contribution is 6.46. The molecule has 2 heterocycles. The number of hydrogen-bond acceptors (Lipinski definition) is 5. The molecule has 31 heavy (non-hydrogen) atoms. The quantitative estimate of drug-likeness (QED) is 0.387. The molecule has 1 fully saturated rings. The van der Waals surface area contributed by atoms with Crippen molar-refractivity contribution in [3.63, 3.8) is 0 Å². The number of pyridine rings is 1. The molecule has 6 nitrogen and oxygen atoms in total. The lowest BCUT2D eigenvalue weighted by atomic mass is 9.94. The monoisotopic (exact) mass is 418 g/mol. The van der Waals surface area contributed by atoms with Gasteiger partial charge in [-0.2, -0.15) is 0 Å². The molecule has 1 aromatic heterocycles. The zero-order valence-corrected chi connectivity index (χ0v) is 16.7. The van der Waals surface area contributed by atoms with E-state index in [0.29, 0.717) is 16.9 Å². The van der Waals surface area contributed by atoms with Crippen molar-refractivity contribution in [1.29, 1.82) is 0 Å². The Bertz CT molecular complexity index is 1180. The fraction of sp³-hybridized carbons (Fsp3) is 0.125. The van der Waals surface area contributed by atoms with E-state index in [4.69, 9.17) is 4.74 Å². The number of ether oxygens (including phenoxy) is 1. The molecule has 1 aliphatic heterocycles. The summed E-state index contributed by atoms with van der Waals surface area (Å²) in [4.78, 5) is 31.2. The number of aliphatic hydroxyl groups excluding tert-OH is 1. The van der Waals surface area contributed by atoms with Gasteiger partial charge in [0, 0.05) is 30.1 Å². The summed E-state index contributed by atoms with van der Waals surface area (Å²) in [6.45, 7) is 0.0340. The number of aliphatic hydroxyl groups is 1. The van der Waals surface area contributed by atoms with E-state index in [0.717, 1.165) is 0 Å². The SMILES string of the molecule is COc1cccc(C(O)=C2C(=O)C(=O)N(Cc3cccnc3)[C@H]2c2ccccc2F)c1. The topological polar surface area (TPSA) is 79.7 Å². The van der Waals surface area contributed by atoms with Gasteiger partial charge in [0.05, 0.1) is 18.7 Å². The van der Waals surface area contributed by atoms with Gasteiger partial charge in [-0.3, -0.25) is 14.6 Å². The molecule has 1 amide bonds. The number of carbonyl (C=O) groups is 2. The van der Waals surface area contributed by atoms with Gasteiger partial charge in [-0.05, 0) is 29.8 Å². The molecule has 0 unspecified atom stereocenters. The Labute approximate surface area is 178 Å². The minimum atomic E-state index is -1.09. The van der Waals surface area contributed by atoms with Gasteiger partial charge in [0.15, 0.2) is 0 Å². The maximum absolute atomic E-state index is 14.8. The van der Waals surface area contributed by atoms with Crippen LogP contribution in [0.15, 0.2) is 78.6 Å². The summed E-state index contributed by atoms with van der Waals surface area (Å²) in [5, 5.41) is 11.0. The number of carbonyl (C=O) groups excluding carboxylic acids is 2. The lowest BCUT2D eigenvalue weighted by Crippen LogP contribution is -2.29. The first-order valence-electron chi connectivity index (χ1n) is 9.57. The zero-order valence-electron chi connectivity index (χ0n) is 16.7. The van der Waals surface area contributed by atoms with Crippen LogP contribution in [0.5, 0.6) is 5.75 Å². The zero-order chi connectivity index (χ0) is 22.0. The van der Waals surface area contributed by atoms with E-state index >= 15 is 0 Å². The molecule has 156 valence electrons. The fourth-order valence-corrected chi connectivity index (χ4v) is 3.68. The van der Waals surface area contributed by atoms with Crippen molar-refractivity contribution in [2.45, 2.75) is 12.6 Å². The third-order valence-corrected chi connectivity index (χ3v) is 5.16. The van der Waals surface area contributed by atoms with Gasteiger partial charge in [-0.25, -0.2) is 4.39 Å². The number of aromatic nitrogens is 1. The van der Waals surface area contributed by atoms with Crippen LogP contribution < -0.4 is 4.74 Å². The molecule has 0 radical (unpaired) electrons. The van der Waals surface area contributed by atoms with Crippen LogP contribution in [-0.2, 0) is 16.1 Å². The highest BCUT2D eigenvalue weighted by atomic mass is 19.1. The standard InChI is InChI=1S/C24H19FN2O4/c1-31-17-8-4-7-16(12-17)22(28)20-21(18-9-2-3-10-19(18)25)27(24(30)23(20)29)14-15-6-5-11-26-13-15/h2-13,21,28H,14H2,1H3/t21-/m0/s1. The van der Waals surface area contributed by atoms with Gasteiger partial charge in [0.25, 0.3) is 11.7 Å². The molecular formula is C24H19FN2O4. The number of likely N-dealkylation sites (tertiary alicyclic amines) is 1. The molecule has 3 aromatic rings. The van der Waals surface area contributed by atoms with Crippen LogP contribution in [0.25, 0.3) is 5.76 Å². The van der Waals surface area contributed by atoms with E-state index in [2.05, 4.69) is 4.98 Å². The molecule has 1 saturated heterocycles. The van der Waals surface area contributed by atoms with Gasteiger partial charge < -0.3 is 14.7 Å². The molecule has 0 bridgehead atoms. The molecule has 1 atom stereocenters. The molecular weight excluding hydrogens is 399 g/mol. The molecule has 0 saturated carbocycles. The number of benzene rings is 2. The Morgan fingerprint density at radius 3 is 2.65 bits per heavy atom. The van der Waals surface area contributed by atoms with Crippen molar-refractivity contribution in [2.24, 2.45) is 0 Å².